The van der Waals surface area contributed by atoms with E-state index in [-0.39, 0.29) is 5.91 Å². The molecule has 1 aromatic carbocycles. The first kappa shape index (κ1) is 18.8. The minimum absolute atomic E-state index is 0.206. The van der Waals surface area contributed by atoms with Gasteiger partial charge in [0, 0.05) is 31.9 Å². The Morgan fingerprint density at radius 3 is 2.56 bits per heavy atom. The maximum Gasteiger partial charge on any atom is 0.242 e. The molecular weight excluding hydrogens is 357 g/mol. The van der Waals surface area contributed by atoms with Gasteiger partial charge in [0.15, 0.2) is 0 Å². The van der Waals surface area contributed by atoms with E-state index in [0.29, 0.717) is 22.6 Å². The fourth-order valence-corrected chi connectivity index (χ4v) is 4.18. The van der Waals surface area contributed by atoms with Crippen molar-refractivity contribution in [2.24, 2.45) is 0 Å². The molecule has 3 rings (SSSR count). The van der Waals surface area contributed by atoms with E-state index in [2.05, 4.69) is 9.80 Å². The minimum atomic E-state index is 0.206. The number of likely N-dealkylation sites (tertiary alicyclic amines) is 2. The molecule has 0 aliphatic carbocycles. The Morgan fingerprint density at radius 1 is 1.12 bits per heavy atom. The van der Waals surface area contributed by atoms with Crippen molar-refractivity contribution in [1.29, 1.82) is 0 Å². The zero-order valence-corrected chi connectivity index (χ0v) is 16.4. The predicted molar refractivity (Wildman–Crippen MR) is 105 cm³/mol. The van der Waals surface area contributed by atoms with Crippen molar-refractivity contribution in [3.8, 4) is 0 Å². The molecule has 1 amide bonds. The molecule has 1 aromatic rings. The van der Waals surface area contributed by atoms with Gasteiger partial charge in [-0.3, -0.25) is 4.79 Å². The van der Waals surface area contributed by atoms with E-state index in [1.807, 2.05) is 24.1 Å². The lowest BCUT2D eigenvalue weighted by molar-refractivity contribution is -0.133. The minimum Gasteiger partial charge on any atom is -0.365 e. The molecule has 1 atom stereocenters. The van der Waals surface area contributed by atoms with Crippen molar-refractivity contribution in [3.63, 3.8) is 0 Å². The quantitative estimate of drug-likeness (QED) is 0.770. The molecule has 0 radical (unpaired) electrons. The van der Waals surface area contributed by atoms with E-state index in [1.165, 1.54) is 32.4 Å². The van der Waals surface area contributed by atoms with Crippen LogP contribution in [0.5, 0.6) is 0 Å². The summed E-state index contributed by atoms with van der Waals surface area (Å²) in [6.45, 7) is 4.65. The van der Waals surface area contributed by atoms with Gasteiger partial charge in [0.1, 0.15) is 0 Å². The zero-order chi connectivity index (χ0) is 17.8. The molecule has 0 saturated carbocycles. The smallest absolute Gasteiger partial charge is 0.242 e. The number of carbonyl (C=O) groups excluding carboxylic acids is 1. The SMILES string of the molecule is CN(CC(=O)N1CCCC[C@H]1CN1CCCC1)c1ccc(Cl)c(Cl)c1. The highest BCUT2D eigenvalue weighted by Gasteiger charge is 2.29. The van der Waals surface area contributed by atoms with Crippen LogP contribution in [0.2, 0.25) is 10.0 Å². The van der Waals surface area contributed by atoms with Crippen LogP contribution in [-0.2, 0) is 4.79 Å². The van der Waals surface area contributed by atoms with Crippen molar-refractivity contribution in [2.45, 2.75) is 38.1 Å². The Morgan fingerprint density at radius 2 is 1.84 bits per heavy atom. The number of amides is 1. The number of carbonyl (C=O) groups is 1. The van der Waals surface area contributed by atoms with Crippen molar-refractivity contribution in [1.82, 2.24) is 9.80 Å². The van der Waals surface area contributed by atoms with Crippen molar-refractivity contribution >= 4 is 34.8 Å². The van der Waals surface area contributed by atoms with E-state index in [4.69, 9.17) is 23.2 Å². The fourth-order valence-electron chi connectivity index (χ4n) is 3.89. The maximum atomic E-state index is 12.9. The molecular formula is C19H27Cl2N3O. The third-order valence-corrected chi connectivity index (χ3v) is 6.07. The molecule has 25 heavy (non-hydrogen) atoms. The lowest BCUT2D eigenvalue weighted by Gasteiger charge is -2.38. The third-order valence-electron chi connectivity index (χ3n) is 5.33. The summed E-state index contributed by atoms with van der Waals surface area (Å²) in [7, 11) is 1.93. The summed E-state index contributed by atoms with van der Waals surface area (Å²) < 4.78 is 0. The Bertz CT molecular complexity index is 604. The Labute approximate surface area is 160 Å². The summed E-state index contributed by atoms with van der Waals surface area (Å²) in [5.41, 5.74) is 0.913. The van der Waals surface area contributed by atoms with Gasteiger partial charge >= 0.3 is 0 Å². The predicted octanol–water partition coefficient (Wildman–Crippen LogP) is 3.91. The standard InChI is InChI=1S/C19H27Cl2N3O/c1-22(15-7-8-17(20)18(21)12-15)14-19(25)24-11-3-2-6-16(24)13-23-9-4-5-10-23/h7-8,12,16H,2-6,9-11,13-14H2,1H3/t16-/m0/s1. The molecule has 2 aliphatic rings. The highest BCUT2D eigenvalue weighted by atomic mass is 35.5. The summed E-state index contributed by atoms with van der Waals surface area (Å²) in [4.78, 5) is 19.5. The van der Waals surface area contributed by atoms with Crippen LogP contribution >= 0.6 is 23.2 Å². The van der Waals surface area contributed by atoms with Gasteiger partial charge < -0.3 is 14.7 Å². The number of halogens is 2. The number of piperidine rings is 1. The summed E-state index contributed by atoms with van der Waals surface area (Å²) in [5, 5.41) is 1.05. The van der Waals surface area contributed by atoms with Crippen LogP contribution in [-0.4, -0.2) is 61.5 Å². The van der Waals surface area contributed by atoms with Crippen LogP contribution in [0.1, 0.15) is 32.1 Å². The summed E-state index contributed by atoms with van der Waals surface area (Å²) in [5.74, 6) is 0.206. The fraction of sp³-hybridized carbons (Fsp3) is 0.632. The van der Waals surface area contributed by atoms with Crippen molar-refractivity contribution < 1.29 is 4.79 Å². The van der Waals surface area contributed by atoms with Crippen molar-refractivity contribution in [3.05, 3.63) is 28.2 Å². The van der Waals surface area contributed by atoms with Gasteiger partial charge in [-0.2, -0.15) is 0 Å². The molecule has 2 aliphatic heterocycles. The van der Waals surface area contributed by atoms with Crippen LogP contribution < -0.4 is 4.90 Å². The van der Waals surface area contributed by atoms with Crippen LogP contribution in [0.15, 0.2) is 18.2 Å². The lowest BCUT2D eigenvalue weighted by atomic mass is 10.0. The first-order valence-electron chi connectivity index (χ1n) is 9.22. The van der Waals surface area contributed by atoms with Gasteiger partial charge in [-0.05, 0) is 63.4 Å². The molecule has 0 aromatic heterocycles. The molecule has 2 saturated heterocycles. The molecule has 4 nitrogen and oxygen atoms in total. The van der Waals surface area contributed by atoms with Crippen molar-refractivity contribution in [2.75, 3.05) is 44.7 Å². The van der Waals surface area contributed by atoms with E-state index in [1.54, 1.807) is 6.07 Å². The molecule has 138 valence electrons. The van der Waals surface area contributed by atoms with E-state index in [0.717, 1.165) is 31.6 Å². The normalized spacial score (nSPS) is 21.6. The lowest BCUT2D eigenvalue weighted by Crippen LogP contribution is -2.51. The van der Waals surface area contributed by atoms with Crippen LogP contribution in [0.25, 0.3) is 0 Å². The summed E-state index contributed by atoms with van der Waals surface area (Å²) in [6, 6.07) is 5.85. The summed E-state index contributed by atoms with van der Waals surface area (Å²) >= 11 is 12.1. The molecule has 2 heterocycles. The molecule has 0 bridgehead atoms. The average Bonchev–Trinajstić information content (AvgIpc) is 3.10. The topological polar surface area (TPSA) is 26.8 Å². The first-order valence-corrected chi connectivity index (χ1v) is 9.98. The Balaban J connectivity index is 1.61. The van der Waals surface area contributed by atoms with Crippen LogP contribution in [0.4, 0.5) is 5.69 Å². The van der Waals surface area contributed by atoms with Gasteiger partial charge in [-0.25, -0.2) is 0 Å². The molecule has 6 heteroatoms. The van der Waals surface area contributed by atoms with E-state index < -0.39 is 0 Å². The zero-order valence-electron chi connectivity index (χ0n) is 14.9. The van der Waals surface area contributed by atoms with Crippen LogP contribution in [0, 0.1) is 0 Å². The largest absolute Gasteiger partial charge is 0.365 e. The van der Waals surface area contributed by atoms with E-state index >= 15 is 0 Å². The highest BCUT2D eigenvalue weighted by Crippen LogP contribution is 2.27. The number of likely N-dealkylation sites (N-methyl/N-ethyl adjacent to an activating group) is 1. The number of hydrogen-bond acceptors (Lipinski definition) is 3. The second-order valence-corrected chi connectivity index (χ2v) is 8.01. The molecule has 0 N–H and O–H groups in total. The number of benzene rings is 1. The Hall–Kier alpha value is -0.970. The maximum absolute atomic E-state index is 12.9. The third kappa shape index (κ3) is 4.81. The molecule has 0 spiro atoms. The second kappa shape index (κ2) is 8.61. The van der Waals surface area contributed by atoms with Crippen LogP contribution in [0.3, 0.4) is 0 Å². The van der Waals surface area contributed by atoms with Gasteiger partial charge in [0.2, 0.25) is 5.91 Å². The average molecular weight is 384 g/mol. The Kier molecular flexibility index (Phi) is 6.48. The summed E-state index contributed by atoms with van der Waals surface area (Å²) in [6.07, 6.45) is 6.05. The number of anilines is 1. The van der Waals surface area contributed by atoms with Gasteiger partial charge in [-0.15, -0.1) is 0 Å². The van der Waals surface area contributed by atoms with Gasteiger partial charge in [-0.1, -0.05) is 23.2 Å². The number of rotatable bonds is 5. The van der Waals surface area contributed by atoms with Gasteiger partial charge in [0.25, 0.3) is 0 Å². The molecule has 0 unspecified atom stereocenters. The molecule has 2 fully saturated rings. The first-order chi connectivity index (χ1) is 12.0. The number of nitrogens with zero attached hydrogens (tertiary/aromatic N) is 3. The monoisotopic (exact) mass is 383 g/mol. The second-order valence-electron chi connectivity index (χ2n) is 7.20. The van der Waals surface area contributed by atoms with Gasteiger partial charge in [0.05, 0.1) is 16.6 Å². The number of hydrogen-bond donors (Lipinski definition) is 0. The highest BCUT2D eigenvalue weighted by molar-refractivity contribution is 6.42. The van der Waals surface area contributed by atoms with E-state index in [9.17, 15) is 4.79 Å².